The topological polar surface area (TPSA) is 80.5 Å². The zero-order chi connectivity index (χ0) is 17.8. The highest BCUT2D eigenvalue weighted by Gasteiger charge is 2.35. The number of anilines is 1. The Hall–Kier alpha value is -2.62. The first-order valence-corrected chi connectivity index (χ1v) is 8.78. The Morgan fingerprint density at radius 2 is 2.04 bits per heavy atom. The Labute approximate surface area is 147 Å². The van der Waals surface area contributed by atoms with E-state index in [1.807, 2.05) is 4.90 Å². The number of nitrogens with zero attached hydrogens (tertiary/aromatic N) is 5. The standard InChI is InChI=1S/C18H23N5O2/c1-14(24)23-10-3-6-16(23)18(25)22-9-4-8-21(11-12-22)17-15(13-19)5-2-7-20-17/h2,5,7,16H,3-4,6,8-12H2,1H3/t16-/m0/s1. The maximum Gasteiger partial charge on any atom is 0.245 e. The number of amides is 2. The zero-order valence-electron chi connectivity index (χ0n) is 14.5. The van der Waals surface area contributed by atoms with E-state index in [1.165, 1.54) is 6.92 Å². The van der Waals surface area contributed by atoms with Crippen molar-refractivity contribution in [3.63, 3.8) is 0 Å². The molecule has 3 rings (SSSR count). The highest BCUT2D eigenvalue weighted by molar-refractivity contribution is 5.87. The summed E-state index contributed by atoms with van der Waals surface area (Å²) in [6.45, 7) is 4.86. The lowest BCUT2D eigenvalue weighted by Crippen LogP contribution is -2.48. The fourth-order valence-electron chi connectivity index (χ4n) is 3.70. The quantitative estimate of drug-likeness (QED) is 0.802. The summed E-state index contributed by atoms with van der Waals surface area (Å²) in [7, 11) is 0. The molecule has 0 aliphatic carbocycles. The van der Waals surface area contributed by atoms with Gasteiger partial charge in [-0.3, -0.25) is 9.59 Å². The van der Waals surface area contributed by atoms with E-state index in [0.717, 1.165) is 25.8 Å². The molecule has 1 aromatic rings. The predicted octanol–water partition coefficient (Wildman–Crippen LogP) is 1.00. The Kier molecular flexibility index (Phi) is 5.17. The summed E-state index contributed by atoms with van der Waals surface area (Å²) < 4.78 is 0. The minimum Gasteiger partial charge on any atom is -0.354 e. The van der Waals surface area contributed by atoms with Gasteiger partial charge in [-0.1, -0.05) is 0 Å². The summed E-state index contributed by atoms with van der Waals surface area (Å²) in [6, 6.07) is 5.39. The zero-order valence-corrected chi connectivity index (χ0v) is 14.5. The smallest absolute Gasteiger partial charge is 0.245 e. The second kappa shape index (κ2) is 7.51. The Morgan fingerprint density at radius 3 is 2.80 bits per heavy atom. The predicted molar refractivity (Wildman–Crippen MR) is 92.8 cm³/mol. The van der Waals surface area contributed by atoms with Crippen LogP contribution in [0.15, 0.2) is 18.3 Å². The summed E-state index contributed by atoms with van der Waals surface area (Å²) in [6.07, 6.45) is 4.14. The van der Waals surface area contributed by atoms with Gasteiger partial charge < -0.3 is 14.7 Å². The molecule has 7 nitrogen and oxygen atoms in total. The summed E-state index contributed by atoms with van der Waals surface area (Å²) in [5, 5.41) is 9.27. The normalized spacial score (nSPS) is 21.0. The van der Waals surface area contributed by atoms with Crippen molar-refractivity contribution in [2.45, 2.75) is 32.2 Å². The van der Waals surface area contributed by atoms with Gasteiger partial charge in [0.05, 0.1) is 5.56 Å². The van der Waals surface area contributed by atoms with Crippen molar-refractivity contribution in [2.24, 2.45) is 0 Å². The number of aromatic nitrogens is 1. The third kappa shape index (κ3) is 3.58. The summed E-state index contributed by atoms with van der Waals surface area (Å²) in [5.41, 5.74) is 0.556. The molecule has 1 aromatic heterocycles. The third-order valence-electron chi connectivity index (χ3n) is 4.96. The summed E-state index contributed by atoms with van der Waals surface area (Å²) in [4.78, 5) is 34.6. The molecule has 0 saturated carbocycles. The minimum absolute atomic E-state index is 0.0283. The number of carbonyl (C=O) groups is 2. The fraction of sp³-hybridized carbons (Fsp3) is 0.556. The second-order valence-electron chi connectivity index (χ2n) is 6.52. The molecule has 0 bridgehead atoms. The molecule has 7 heteroatoms. The number of pyridine rings is 1. The van der Waals surface area contributed by atoms with Gasteiger partial charge in [-0.05, 0) is 31.4 Å². The van der Waals surface area contributed by atoms with Gasteiger partial charge in [0.2, 0.25) is 11.8 Å². The molecule has 0 N–H and O–H groups in total. The summed E-state index contributed by atoms with van der Waals surface area (Å²) >= 11 is 0. The molecule has 1 atom stereocenters. The SMILES string of the molecule is CC(=O)N1CCC[C@H]1C(=O)N1CCCN(c2ncccc2C#N)CC1. The lowest BCUT2D eigenvalue weighted by atomic mass is 10.2. The van der Waals surface area contributed by atoms with Gasteiger partial charge in [-0.15, -0.1) is 0 Å². The highest BCUT2D eigenvalue weighted by atomic mass is 16.2. The van der Waals surface area contributed by atoms with E-state index in [-0.39, 0.29) is 17.9 Å². The molecule has 2 aliphatic rings. The molecular weight excluding hydrogens is 318 g/mol. The first-order chi connectivity index (χ1) is 12.1. The van der Waals surface area contributed by atoms with Crippen molar-refractivity contribution < 1.29 is 9.59 Å². The minimum atomic E-state index is -0.312. The van der Waals surface area contributed by atoms with Gasteiger partial charge in [0.15, 0.2) is 0 Å². The molecular formula is C18H23N5O2. The Morgan fingerprint density at radius 1 is 1.20 bits per heavy atom. The molecule has 132 valence electrons. The third-order valence-corrected chi connectivity index (χ3v) is 4.96. The van der Waals surface area contributed by atoms with Crippen LogP contribution in [0.5, 0.6) is 0 Å². The maximum atomic E-state index is 12.9. The van der Waals surface area contributed by atoms with E-state index in [9.17, 15) is 14.9 Å². The van der Waals surface area contributed by atoms with Crippen LogP contribution in [0.1, 0.15) is 31.7 Å². The number of carbonyl (C=O) groups excluding carboxylic acids is 2. The largest absolute Gasteiger partial charge is 0.354 e. The molecule has 25 heavy (non-hydrogen) atoms. The average Bonchev–Trinajstić information content (AvgIpc) is 2.99. The lowest BCUT2D eigenvalue weighted by Gasteiger charge is -2.29. The van der Waals surface area contributed by atoms with Crippen molar-refractivity contribution in [3.8, 4) is 6.07 Å². The average molecular weight is 341 g/mol. The van der Waals surface area contributed by atoms with Crippen LogP contribution in [0, 0.1) is 11.3 Å². The lowest BCUT2D eigenvalue weighted by molar-refractivity contribution is -0.142. The Balaban J connectivity index is 1.68. The van der Waals surface area contributed by atoms with E-state index in [2.05, 4.69) is 16.0 Å². The first kappa shape index (κ1) is 17.2. The number of likely N-dealkylation sites (tertiary alicyclic amines) is 1. The summed E-state index contributed by atoms with van der Waals surface area (Å²) in [5.74, 6) is 0.709. The molecule has 0 unspecified atom stereocenters. The second-order valence-corrected chi connectivity index (χ2v) is 6.52. The van der Waals surface area contributed by atoms with E-state index in [4.69, 9.17) is 0 Å². The van der Waals surface area contributed by atoms with E-state index >= 15 is 0 Å². The molecule has 2 saturated heterocycles. The van der Waals surface area contributed by atoms with E-state index < -0.39 is 0 Å². The molecule has 0 spiro atoms. The van der Waals surface area contributed by atoms with Crippen LogP contribution in [0.3, 0.4) is 0 Å². The number of rotatable bonds is 2. The van der Waals surface area contributed by atoms with Crippen molar-refractivity contribution >= 4 is 17.6 Å². The van der Waals surface area contributed by atoms with Gasteiger partial charge in [0.25, 0.3) is 0 Å². The van der Waals surface area contributed by atoms with Gasteiger partial charge in [0.1, 0.15) is 17.9 Å². The van der Waals surface area contributed by atoms with Crippen LogP contribution in [0.4, 0.5) is 5.82 Å². The van der Waals surface area contributed by atoms with Crippen molar-refractivity contribution in [1.29, 1.82) is 5.26 Å². The van der Waals surface area contributed by atoms with Crippen molar-refractivity contribution in [3.05, 3.63) is 23.9 Å². The molecule has 2 amide bonds. The van der Waals surface area contributed by atoms with Crippen LogP contribution in [0.2, 0.25) is 0 Å². The van der Waals surface area contributed by atoms with Gasteiger partial charge >= 0.3 is 0 Å². The van der Waals surface area contributed by atoms with Crippen molar-refractivity contribution in [2.75, 3.05) is 37.6 Å². The van der Waals surface area contributed by atoms with Gasteiger partial charge in [0, 0.05) is 45.8 Å². The Bertz CT molecular complexity index is 699. The molecule has 3 heterocycles. The van der Waals surface area contributed by atoms with Crippen LogP contribution >= 0.6 is 0 Å². The van der Waals surface area contributed by atoms with Crippen LogP contribution in [-0.2, 0) is 9.59 Å². The molecule has 0 radical (unpaired) electrons. The fourth-order valence-corrected chi connectivity index (χ4v) is 3.70. The number of nitriles is 1. The number of hydrogen-bond donors (Lipinski definition) is 0. The first-order valence-electron chi connectivity index (χ1n) is 8.78. The van der Waals surface area contributed by atoms with Crippen molar-refractivity contribution in [1.82, 2.24) is 14.8 Å². The maximum absolute atomic E-state index is 12.9. The van der Waals surface area contributed by atoms with Crippen LogP contribution in [-0.4, -0.2) is 65.4 Å². The monoisotopic (exact) mass is 341 g/mol. The highest BCUT2D eigenvalue weighted by Crippen LogP contribution is 2.22. The van der Waals surface area contributed by atoms with Gasteiger partial charge in [-0.25, -0.2) is 4.98 Å². The van der Waals surface area contributed by atoms with Gasteiger partial charge in [-0.2, -0.15) is 5.26 Å². The van der Waals surface area contributed by atoms with Crippen LogP contribution < -0.4 is 4.90 Å². The van der Waals surface area contributed by atoms with E-state index in [1.54, 1.807) is 23.2 Å². The number of hydrogen-bond acceptors (Lipinski definition) is 5. The van der Waals surface area contributed by atoms with E-state index in [0.29, 0.717) is 37.6 Å². The molecule has 2 aliphatic heterocycles. The van der Waals surface area contributed by atoms with Crippen LogP contribution in [0.25, 0.3) is 0 Å². The molecule has 0 aromatic carbocycles. The molecule has 2 fully saturated rings.